The van der Waals surface area contributed by atoms with Crippen molar-refractivity contribution in [3.63, 3.8) is 0 Å². The monoisotopic (exact) mass is 630 g/mol. The molecule has 0 spiro atoms. The highest BCUT2D eigenvalue weighted by molar-refractivity contribution is 4.96. The molecule has 0 radical (unpaired) electrons. The third-order valence-electron chi connectivity index (χ3n) is 8.86. The van der Waals surface area contributed by atoms with Crippen LogP contribution in [0.1, 0.15) is 20.8 Å². The summed E-state index contributed by atoms with van der Waals surface area (Å²) < 4.78 is 39.5. The SMILES string of the molecule is CC1OC(OCC2O[C@@H](C)C(O)[C@@H](O[C@H]3OC(CO)[C@@H](O)[C@H](O)C3CO[C@H]3O[C@H](CO)C(O)[C@H]3O)[C@@H]2O)[C@@H](O)C(O)[C@H]1C. The van der Waals surface area contributed by atoms with E-state index in [0.29, 0.717) is 0 Å². The largest absolute Gasteiger partial charge is 0.394 e. The van der Waals surface area contributed by atoms with Gasteiger partial charge in [-0.2, -0.15) is 0 Å². The Kier molecular flexibility index (Phi) is 12.1. The smallest absolute Gasteiger partial charge is 0.186 e. The molecule has 252 valence electrons. The van der Waals surface area contributed by atoms with Crippen molar-refractivity contribution in [2.75, 3.05) is 26.4 Å². The van der Waals surface area contributed by atoms with Crippen LogP contribution in [-0.2, 0) is 33.2 Å². The molecule has 43 heavy (non-hydrogen) atoms. The van der Waals surface area contributed by atoms with E-state index in [1.54, 1.807) is 13.8 Å². The number of hydrogen-bond acceptors (Lipinski definition) is 17. The van der Waals surface area contributed by atoms with E-state index in [9.17, 15) is 51.1 Å². The van der Waals surface area contributed by atoms with Gasteiger partial charge in [0, 0.05) is 5.92 Å². The summed E-state index contributed by atoms with van der Waals surface area (Å²) >= 11 is 0. The van der Waals surface area contributed by atoms with Crippen LogP contribution in [0.3, 0.4) is 0 Å². The van der Waals surface area contributed by atoms with Gasteiger partial charge in [-0.3, -0.25) is 0 Å². The molecule has 0 bridgehead atoms. The van der Waals surface area contributed by atoms with Crippen molar-refractivity contribution < 1.29 is 84.2 Å². The lowest BCUT2D eigenvalue weighted by molar-refractivity contribution is -0.343. The molecule has 0 saturated carbocycles. The van der Waals surface area contributed by atoms with Crippen molar-refractivity contribution in [3.8, 4) is 0 Å². The molecule has 8 unspecified atom stereocenters. The van der Waals surface area contributed by atoms with E-state index in [4.69, 9.17) is 33.2 Å². The van der Waals surface area contributed by atoms with Crippen LogP contribution in [0.25, 0.3) is 0 Å². The molecule has 19 atom stereocenters. The molecule has 17 nitrogen and oxygen atoms in total. The van der Waals surface area contributed by atoms with Crippen LogP contribution in [-0.4, -0.2) is 182 Å². The molecule has 4 fully saturated rings. The highest BCUT2D eigenvalue weighted by Crippen LogP contribution is 2.34. The topological polar surface area (TPSA) is 267 Å². The maximum atomic E-state index is 11.1. The third kappa shape index (κ3) is 7.34. The van der Waals surface area contributed by atoms with Crippen LogP contribution >= 0.6 is 0 Å². The van der Waals surface area contributed by atoms with E-state index in [-0.39, 0.29) is 12.5 Å². The molecular weight excluding hydrogens is 584 g/mol. The first-order chi connectivity index (χ1) is 20.3. The standard InChI is InChI=1S/C26H46O17/c1-8-9(2)40-25(21(35)15(8)29)38-7-14-20(34)23(16(30)10(3)39-14)43-24-11(17(31)18(32)12(4-27)41-24)6-37-26-22(36)19(33)13(5-28)42-26/h8-36H,4-7H2,1-3H3/t8-,9?,10-,11?,12?,13+,14?,15?,16?,17+,18+,19?,20+,21-,22+,23+,24+,25?,26-/m0/s1. The van der Waals surface area contributed by atoms with Gasteiger partial charge in [0.1, 0.15) is 61.0 Å². The quantitative estimate of drug-likeness (QED) is 0.108. The maximum Gasteiger partial charge on any atom is 0.186 e. The van der Waals surface area contributed by atoms with Crippen molar-refractivity contribution in [3.05, 3.63) is 0 Å². The summed E-state index contributed by atoms with van der Waals surface area (Å²) in [5.41, 5.74) is 0. The maximum absolute atomic E-state index is 11.1. The van der Waals surface area contributed by atoms with Crippen LogP contribution < -0.4 is 0 Å². The Bertz CT molecular complexity index is 870. The molecule has 0 aromatic carbocycles. The number of hydrogen-bond donors (Lipinski definition) is 10. The summed E-state index contributed by atoms with van der Waals surface area (Å²) in [5.74, 6) is -1.57. The van der Waals surface area contributed by atoms with E-state index < -0.39 is 130 Å². The minimum Gasteiger partial charge on any atom is -0.394 e. The molecule has 4 rings (SSSR count). The second-order valence-electron chi connectivity index (χ2n) is 11.8. The number of rotatable bonds is 10. The Morgan fingerprint density at radius 1 is 0.488 bits per heavy atom. The molecule has 0 aliphatic carbocycles. The lowest BCUT2D eigenvalue weighted by atomic mass is 9.90. The molecule has 17 heteroatoms. The van der Waals surface area contributed by atoms with E-state index >= 15 is 0 Å². The Hall–Kier alpha value is -0.680. The van der Waals surface area contributed by atoms with Crippen LogP contribution in [0.15, 0.2) is 0 Å². The highest BCUT2D eigenvalue weighted by atomic mass is 16.7. The molecule has 4 saturated heterocycles. The molecule has 0 aromatic heterocycles. The van der Waals surface area contributed by atoms with Gasteiger partial charge in [0.2, 0.25) is 0 Å². The average molecular weight is 631 g/mol. The normalized spacial score (nSPS) is 52.8. The van der Waals surface area contributed by atoms with Gasteiger partial charge in [-0.15, -0.1) is 0 Å². The number of ether oxygens (including phenoxy) is 7. The van der Waals surface area contributed by atoms with Crippen LogP contribution in [0.5, 0.6) is 0 Å². The summed E-state index contributed by atoms with van der Waals surface area (Å²) in [6.45, 7) is 2.82. The first-order valence-corrected chi connectivity index (χ1v) is 14.5. The molecular formula is C26H46O17. The van der Waals surface area contributed by atoms with Crippen LogP contribution in [0, 0.1) is 11.8 Å². The van der Waals surface area contributed by atoms with E-state index in [1.165, 1.54) is 6.92 Å². The van der Waals surface area contributed by atoms with Gasteiger partial charge < -0.3 is 84.2 Å². The van der Waals surface area contributed by atoms with Crippen molar-refractivity contribution in [1.82, 2.24) is 0 Å². The lowest BCUT2D eigenvalue weighted by Crippen LogP contribution is -2.63. The molecule has 4 aliphatic rings. The average Bonchev–Trinajstić information content (AvgIpc) is 3.26. The van der Waals surface area contributed by atoms with Crippen LogP contribution in [0.4, 0.5) is 0 Å². The fourth-order valence-corrected chi connectivity index (χ4v) is 5.72. The van der Waals surface area contributed by atoms with Gasteiger partial charge in [0.25, 0.3) is 0 Å². The van der Waals surface area contributed by atoms with Gasteiger partial charge in [-0.25, -0.2) is 0 Å². The second-order valence-corrected chi connectivity index (χ2v) is 11.8. The van der Waals surface area contributed by atoms with Gasteiger partial charge in [-0.1, -0.05) is 6.92 Å². The second kappa shape index (κ2) is 14.8. The molecule has 0 amide bonds. The Morgan fingerprint density at radius 2 is 1.02 bits per heavy atom. The molecule has 10 N–H and O–H groups in total. The van der Waals surface area contributed by atoms with E-state index in [0.717, 1.165) is 0 Å². The Morgan fingerprint density at radius 3 is 1.65 bits per heavy atom. The molecule has 0 aromatic rings. The zero-order valence-electron chi connectivity index (χ0n) is 24.1. The van der Waals surface area contributed by atoms with Gasteiger partial charge in [0.05, 0.1) is 56.8 Å². The fourth-order valence-electron chi connectivity index (χ4n) is 5.72. The summed E-state index contributed by atoms with van der Waals surface area (Å²) in [7, 11) is 0. The predicted octanol–water partition coefficient (Wildman–Crippen LogP) is -5.49. The predicted molar refractivity (Wildman–Crippen MR) is 138 cm³/mol. The van der Waals surface area contributed by atoms with Gasteiger partial charge in [-0.05, 0) is 13.8 Å². The van der Waals surface area contributed by atoms with Crippen molar-refractivity contribution in [1.29, 1.82) is 0 Å². The van der Waals surface area contributed by atoms with Crippen molar-refractivity contribution >= 4 is 0 Å². The highest BCUT2D eigenvalue weighted by Gasteiger charge is 2.52. The zero-order chi connectivity index (χ0) is 31.7. The minimum atomic E-state index is -1.61. The molecule has 4 heterocycles. The van der Waals surface area contributed by atoms with Crippen molar-refractivity contribution in [2.24, 2.45) is 11.8 Å². The van der Waals surface area contributed by atoms with E-state index in [2.05, 4.69) is 0 Å². The zero-order valence-corrected chi connectivity index (χ0v) is 24.1. The first kappa shape index (κ1) is 35.2. The summed E-state index contributed by atoms with van der Waals surface area (Å²) in [4.78, 5) is 0. The number of aliphatic hydroxyl groups excluding tert-OH is 10. The molecule has 4 aliphatic heterocycles. The Labute approximate surface area is 248 Å². The fraction of sp³-hybridized carbons (Fsp3) is 1.00. The first-order valence-electron chi connectivity index (χ1n) is 14.5. The van der Waals surface area contributed by atoms with Gasteiger partial charge >= 0.3 is 0 Å². The van der Waals surface area contributed by atoms with Gasteiger partial charge in [0.15, 0.2) is 18.9 Å². The summed E-state index contributed by atoms with van der Waals surface area (Å²) in [6, 6.07) is 0. The third-order valence-corrected chi connectivity index (χ3v) is 8.86. The summed E-state index contributed by atoms with van der Waals surface area (Å²) in [6.07, 6.45) is -22.1. The lowest BCUT2D eigenvalue weighted by Gasteiger charge is -2.47. The Balaban J connectivity index is 1.45. The number of aliphatic hydroxyl groups is 10. The minimum absolute atomic E-state index is 0.336. The van der Waals surface area contributed by atoms with Crippen LogP contribution in [0.2, 0.25) is 0 Å². The summed E-state index contributed by atoms with van der Waals surface area (Å²) in [5, 5.41) is 103. The van der Waals surface area contributed by atoms with E-state index in [1.807, 2.05) is 0 Å². The van der Waals surface area contributed by atoms with Crippen molar-refractivity contribution in [2.45, 2.75) is 125 Å².